The van der Waals surface area contributed by atoms with Crippen LogP contribution in [0.15, 0.2) is 42.5 Å². The first-order chi connectivity index (χ1) is 10.6. The Balaban J connectivity index is 2.01. The predicted molar refractivity (Wildman–Crippen MR) is 101 cm³/mol. The van der Waals surface area contributed by atoms with E-state index in [-0.39, 0.29) is 12.5 Å². The highest BCUT2D eigenvalue weighted by Crippen LogP contribution is 2.22. The second-order valence-corrected chi connectivity index (χ2v) is 6.31. The van der Waals surface area contributed by atoms with Gasteiger partial charge in [-0.3, -0.25) is 4.79 Å². The largest absolute Gasteiger partial charge is 0.376 e. The molecule has 0 aliphatic rings. The van der Waals surface area contributed by atoms with Crippen molar-refractivity contribution in [2.24, 2.45) is 0 Å². The lowest BCUT2D eigenvalue weighted by atomic mass is 10.0. The Labute approximate surface area is 145 Å². The SMILES string of the molecule is CCc1cccc(CC)c1NC(=O)CNc1ccc(I)cc1. The molecule has 0 bridgehead atoms. The van der Waals surface area contributed by atoms with E-state index in [0.717, 1.165) is 24.2 Å². The molecule has 0 radical (unpaired) electrons. The minimum absolute atomic E-state index is 0.0193. The van der Waals surface area contributed by atoms with Gasteiger partial charge in [0.1, 0.15) is 0 Å². The van der Waals surface area contributed by atoms with E-state index in [2.05, 4.69) is 65.3 Å². The molecule has 2 aromatic rings. The molecule has 0 saturated carbocycles. The summed E-state index contributed by atoms with van der Waals surface area (Å²) in [7, 11) is 0. The lowest BCUT2D eigenvalue weighted by molar-refractivity contribution is -0.114. The number of hydrogen-bond acceptors (Lipinski definition) is 2. The van der Waals surface area contributed by atoms with Crippen molar-refractivity contribution in [2.75, 3.05) is 17.2 Å². The quantitative estimate of drug-likeness (QED) is 0.693. The average Bonchev–Trinajstić information content (AvgIpc) is 2.54. The minimum atomic E-state index is -0.0193. The molecule has 0 aliphatic heterocycles. The first-order valence-corrected chi connectivity index (χ1v) is 8.62. The molecule has 0 spiro atoms. The molecule has 116 valence electrons. The van der Waals surface area contributed by atoms with Gasteiger partial charge in [-0.05, 0) is 70.8 Å². The molecular weight excluding hydrogens is 387 g/mol. The summed E-state index contributed by atoms with van der Waals surface area (Å²) < 4.78 is 1.18. The van der Waals surface area contributed by atoms with Crippen LogP contribution < -0.4 is 10.6 Å². The van der Waals surface area contributed by atoms with Crippen LogP contribution >= 0.6 is 22.6 Å². The van der Waals surface area contributed by atoms with Crippen molar-refractivity contribution < 1.29 is 4.79 Å². The number of anilines is 2. The second-order valence-electron chi connectivity index (χ2n) is 5.07. The number of benzene rings is 2. The van der Waals surface area contributed by atoms with Crippen LogP contribution in [0.1, 0.15) is 25.0 Å². The average molecular weight is 408 g/mol. The Bertz CT molecular complexity index is 616. The molecule has 0 saturated heterocycles. The van der Waals surface area contributed by atoms with E-state index in [4.69, 9.17) is 0 Å². The fourth-order valence-corrected chi connectivity index (χ4v) is 2.70. The van der Waals surface area contributed by atoms with Crippen LogP contribution in [0, 0.1) is 3.57 Å². The van der Waals surface area contributed by atoms with Crippen LogP contribution in [0.2, 0.25) is 0 Å². The number of para-hydroxylation sites is 1. The van der Waals surface area contributed by atoms with Crippen molar-refractivity contribution in [2.45, 2.75) is 26.7 Å². The molecule has 2 N–H and O–H groups in total. The molecule has 3 nitrogen and oxygen atoms in total. The monoisotopic (exact) mass is 408 g/mol. The van der Waals surface area contributed by atoms with Gasteiger partial charge in [-0.2, -0.15) is 0 Å². The van der Waals surface area contributed by atoms with Crippen molar-refractivity contribution in [3.05, 3.63) is 57.2 Å². The fraction of sp³-hybridized carbons (Fsp3) is 0.278. The molecular formula is C18H21IN2O. The maximum Gasteiger partial charge on any atom is 0.243 e. The number of carbonyl (C=O) groups excluding carboxylic acids is 1. The first-order valence-electron chi connectivity index (χ1n) is 7.54. The Kier molecular flexibility index (Phi) is 6.24. The highest BCUT2D eigenvalue weighted by Gasteiger charge is 2.09. The summed E-state index contributed by atoms with van der Waals surface area (Å²) in [6.07, 6.45) is 1.82. The lowest BCUT2D eigenvalue weighted by Crippen LogP contribution is -2.23. The third-order valence-corrected chi connectivity index (χ3v) is 4.28. The predicted octanol–water partition coefficient (Wildman–Crippen LogP) is 4.47. The summed E-state index contributed by atoms with van der Waals surface area (Å²) >= 11 is 2.26. The van der Waals surface area contributed by atoms with Crippen LogP contribution in [0.3, 0.4) is 0 Å². The molecule has 0 heterocycles. The van der Waals surface area contributed by atoms with E-state index in [1.165, 1.54) is 14.7 Å². The first kappa shape index (κ1) is 16.8. The minimum Gasteiger partial charge on any atom is -0.376 e. The molecule has 0 atom stereocenters. The van der Waals surface area contributed by atoms with Crippen molar-refractivity contribution >= 4 is 39.9 Å². The van der Waals surface area contributed by atoms with Gasteiger partial charge in [-0.25, -0.2) is 0 Å². The van der Waals surface area contributed by atoms with Crippen molar-refractivity contribution in [3.8, 4) is 0 Å². The molecule has 0 aromatic heterocycles. The summed E-state index contributed by atoms with van der Waals surface area (Å²) in [6.45, 7) is 4.48. The molecule has 4 heteroatoms. The summed E-state index contributed by atoms with van der Waals surface area (Å²) in [5.74, 6) is -0.0193. The zero-order valence-corrected chi connectivity index (χ0v) is 15.1. The van der Waals surface area contributed by atoms with E-state index < -0.39 is 0 Å². The van der Waals surface area contributed by atoms with E-state index in [1.54, 1.807) is 0 Å². The Morgan fingerprint density at radius 2 is 1.59 bits per heavy atom. The maximum absolute atomic E-state index is 12.2. The lowest BCUT2D eigenvalue weighted by Gasteiger charge is -2.15. The number of nitrogens with one attached hydrogen (secondary N) is 2. The van der Waals surface area contributed by atoms with Crippen molar-refractivity contribution in [1.29, 1.82) is 0 Å². The van der Waals surface area contributed by atoms with Gasteiger partial charge in [0.05, 0.1) is 6.54 Å². The van der Waals surface area contributed by atoms with Gasteiger partial charge in [0.2, 0.25) is 5.91 Å². The van der Waals surface area contributed by atoms with Crippen molar-refractivity contribution in [3.63, 3.8) is 0 Å². The topological polar surface area (TPSA) is 41.1 Å². The smallest absolute Gasteiger partial charge is 0.243 e. The molecule has 22 heavy (non-hydrogen) atoms. The van der Waals surface area contributed by atoms with Gasteiger partial charge in [0, 0.05) is 14.9 Å². The molecule has 2 aromatic carbocycles. The third kappa shape index (κ3) is 4.47. The number of halogens is 1. The van der Waals surface area contributed by atoms with E-state index >= 15 is 0 Å². The highest BCUT2D eigenvalue weighted by atomic mass is 127. The molecule has 1 amide bonds. The zero-order valence-electron chi connectivity index (χ0n) is 12.9. The van der Waals surface area contributed by atoms with E-state index in [9.17, 15) is 4.79 Å². The van der Waals surface area contributed by atoms with Crippen LogP contribution in [0.4, 0.5) is 11.4 Å². The molecule has 0 fully saturated rings. The second kappa shape index (κ2) is 8.17. The third-order valence-electron chi connectivity index (χ3n) is 3.56. The number of hydrogen-bond donors (Lipinski definition) is 2. The number of amides is 1. The molecule has 2 rings (SSSR count). The summed E-state index contributed by atoms with van der Waals surface area (Å²) in [6, 6.07) is 14.2. The van der Waals surface area contributed by atoms with Gasteiger partial charge in [0.15, 0.2) is 0 Å². The molecule has 0 aliphatic carbocycles. The maximum atomic E-state index is 12.2. The summed E-state index contributed by atoms with van der Waals surface area (Å²) in [4.78, 5) is 12.2. The van der Waals surface area contributed by atoms with Crippen LogP contribution in [0.25, 0.3) is 0 Å². The van der Waals surface area contributed by atoms with Gasteiger partial charge in [0.25, 0.3) is 0 Å². The Hall–Kier alpha value is -1.56. The Morgan fingerprint density at radius 3 is 2.14 bits per heavy atom. The van der Waals surface area contributed by atoms with Gasteiger partial charge in [-0.15, -0.1) is 0 Å². The number of carbonyl (C=O) groups is 1. The van der Waals surface area contributed by atoms with Crippen LogP contribution in [-0.4, -0.2) is 12.5 Å². The number of rotatable bonds is 6. The van der Waals surface area contributed by atoms with E-state index in [1.807, 2.05) is 24.3 Å². The Morgan fingerprint density at radius 1 is 1.00 bits per heavy atom. The van der Waals surface area contributed by atoms with Gasteiger partial charge >= 0.3 is 0 Å². The van der Waals surface area contributed by atoms with E-state index in [0.29, 0.717) is 0 Å². The molecule has 0 unspecified atom stereocenters. The standard InChI is InChI=1S/C18H21IN2O/c1-3-13-6-5-7-14(4-2)18(13)21-17(22)12-20-16-10-8-15(19)9-11-16/h5-11,20H,3-4,12H2,1-2H3,(H,21,22). The van der Waals surface area contributed by atoms with Gasteiger partial charge < -0.3 is 10.6 Å². The highest BCUT2D eigenvalue weighted by molar-refractivity contribution is 14.1. The summed E-state index contributed by atoms with van der Waals surface area (Å²) in [5.41, 5.74) is 4.29. The van der Waals surface area contributed by atoms with Crippen LogP contribution in [-0.2, 0) is 17.6 Å². The van der Waals surface area contributed by atoms with Gasteiger partial charge in [-0.1, -0.05) is 32.0 Å². The summed E-state index contributed by atoms with van der Waals surface area (Å²) in [5, 5.41) is 6.21. The fourth-order valence-electron chi connectivity index (χ4n) is 2.34. The zero-order chi connectivity index (χ0) is 15.9. The number of aryl methyl sites for hydroxylation is 2. The normalized spacial score (nSPS) is 10.3. The van der Waals surface area contributed by atoms with Crippen molar-refractivity contribution in [1.82, 2.24) is 0 Å². The van der Waals surface area contributed by atoms with Crippen LogP contribution in [0.5, 0.6) is 0 Å².